The summed E-state index contributed by atoms with van der Waals surface area (Å²) in [5, 5.41) is 5.77. The SMILES string of the molecule is O=C(NCCN1CCOCC1)c1cncc(C(=O)NC2CC2)c1. The van der Waals surface area contributed by atoms with Crippen molar-refractivity contribution in [2.24, 2.45) is 0 Å². The Morgan fingerprint density at radius 1 is 1.17 bits per heavy atom. The van der Waals surface area contributed by atoms with Crippen molar-refractivity contribution >= 4 is 11.8 Å². The van der Waals surface area contributed by atoms with Gasteiger partial charge in [0.1, 0.15) is 0 Å². The normalized spacial score (nSPS) is 18.4. The molecule has 124 valence electrons. The van der Waals surface area contributed by atoms with E-state index in [2.05, 4.69) is 20.5 Å². The summed E-state index contributed by atoms with van der Waals surface area (Å²) < 4.78 is 5.29. The van der Waals surface area contributed by atoms with Crippen LogP contribution in [0.1, 0.15) is 33.6 Å². The minimum atomic E-state index is -0.202. The van der Waals surface area contributed by atoms with Crippen LogP contribution in [-0.4, -0.2) is 67.1 Å². The van der Waals surface area contributed by atoms with Gasteiger partial charge in [0.25, 0.3) is 11.8 Å². The third kappa shape index (κ3) is 4.74. The number of nitrogens with zero attached hydrogens (tertiary/aromatic N) is 2. The number of morpholine rings is 1. The molecule has 2 aliphatic rings. The molecule has 1 saturated carbocycles. The average Bonchev–Trinajstić information content (AvgIpc) is 3.40. The van der Waals surface area contributed by atoms with E-state index in [9.17, 15) is 9.59 Å². The van der Waals surface area contributed by atoms with E-state index in [1.54, 1.807) is 6.07 Å². The van der Waals surface area contributed by atoms with Crippen LogP contribution in [0.2, 0.25) is 0 Å². The van der Waals surface area contributed by atoms with E-state index in [1.807, 2.05) is 0 Å². The largest absolute Gasteiger partial charge is 0.379 e. The maximum atomic E-state index is 12.2. The molecule has 7 nitrogen and oxygen atoms in total. The molecule has 1 aromatic heterocycles. The van der Waals surface area contributed by atoms with Crippen molar-refractivity contribution in [1.82, 2.24) is 20.5 Å². The summed E-state index contributed by atoms with van der Waals surface area (Å²) >= 11 is 0. The van der Waals surface area contributed by atoms with Crippen LogP contribution in [-0.2, 0) is 4.74 Å². The average molecular weight is 318 g/mol. The molecule has 2 N–H and O–H groups in total. The molecule has 3 rings (SSSR count). The molecule has 2 heterocycles. The zero-order chi connectivity index (χ0) is 16.1. The summed E-state index contributed by atoms with van der Waals surface area (Å²) in [7, 11) is 0. The first kappa shape index (κ1) is 15.9. The number of amides is 2. The van der Waals surface area contributed by atoms with Crippen LogP contribution >= 0.6 is 0 Å². The number of aromatic nitrogens is 1. The standard InChI is InChI=1S/C16H22N4O3/c21-15(18-3-4-20-5-7-23-8-6-20)12-9-13(11-17-10-12)16(22)19-14-1-2-14/h9-11,14H,1-8H2,(H,18,21)(H,19,22). The van der Waals surface area contributed by atoms with Crippen LogP contribution in [0, 0.1) is 0 Å². The zero-order valence-electron chi connectivity index (χ0n) is 13.1. The molecule has 0 aromatic carbocycles. The van der Waals surface area contributed by atoms with Crippen molar-refractivity contribution in [3.8, 4) is 0 Å². The molecule has 0 atom stereocenters. The monoisotopic (exact) mass is 318 g/mol. The first-order valence-corrected chi connectivity index (χ1v) is 8.06. The van der Waals surface area contributed by atoms with Crippen LogP contribution in [0.5, 0.6) is 0 Å². The Balaban J connectivity index is 1.49. The molecule has 1 aromatic rings. The van der Waals surface area contributed by atoms with Gasteiger partial charge in [-0.1, -0.05) is 0 Å². The van der Waals surface area contributed by atoms with Crippen molar-refractivity contribution in [2.75, 3.05) is 39.4 Å². The lowest BCUT2D eigenvalue weighted by Gasteiger charge is -2.26. The second-order valence-electron chi connectivity index (χ2n) is 5.92. The summed E-state index contributed by atoms with van der Waals surface area (Å²) in [6.45, 7) is 4.65. The highest BCUT2D eigenvalue weighted by molar-refractivity contribution is 5.99. The Bertz CT molecular complexity index is 568. The molecule has 0 unspecified atom stereocenters. The number of carbonyl (C=O) groups is 2. The quantitative estimate of drug-likeness (QED) is 0.773. The van der Waals surface area contributed by atoms with E-state index in [-0.39, 0.29) is 17.9 Å². The van der Waals surface area contributed by atoms with Crippen molar-refractivity contribution in [3.05, 3.63) is 29.6 Å². The molecule has 0 bridgehead atoms. The van der Waals surface area contributed by atoms with E-state index in [1.165, 1.54) is 12.4 Å². The first-order valence-electron chi connectivity index (χ1n) is 8.06. The van der Waals surface area contributed by atoms with Crippen LogP contribution < -0.4 is 10.6 Å². The van der Waals surface area contributed by atoms with E-state index in [0.29, 0.717) is 17.7 Å². The molecule has 0 radical (unpaired) electrons. The number of hydrogen-bond acceptors (Lipinski definition) is 5. The fourth-order valence-electron chi connectivity index (χ4n) is 2.44. The smallest absolute Gasteiger partial charge is 0.253 e. The number of carbonyl (C=O) groups excluding carboxylic acids is 2. The predicted octanol–water partition coefficient (Wildman–Crippen LogP) is 0.0358. The Kier molecular flexibility index (Phi) is 5.19. The van der Waals surface area contributed by atoms with Gasteiger partial charge >= 0.3 is 0 Å². The molecule has 0 spiro atoms. The minimum absolute atomic E-state index is 0.164. The number of ether oxygens (including phenoxy) is 1. The number of pyridine rings is 1. The van der Waals surface area contributed by atoms with E-state index < -0.39 is 0 Å². The topological polar surface area (TPSA) is 83.6 Å². The molecule has 2 amide bonds. The highest BCUT2D eigenvalue weighted by Gasteiger charge is 2.24. The van der Waals surface area contributed by atoms with Crippen LogP contribution in [0.15, 0.2) is 18.5 Å². The summed E-state index contributed by atoms with van der Waals surface area (Å²) in [6, 6.07) is 1.88. The maximum absolute atomic E-state index is 12.2. The Hall–Kier alpha value is -1.99. The zero-order valence-corrected chi connectivity index (χ0v) is 13.1. The van der Waals surface area contributed by atoms with Gasteiger partial charge in [-0.3, -0.25) is 19.5 Å². The van der Waals surface area contributed by atoms with Gasteiger partial charge in [-0.05, 0) is 18.9 Å². The Morgan fingerprint density at radius 2 is 1.87 bits per heavy atom. The third-order valence-electron chi connectivity index (χ3n) is 3.99. The summed E-state index contributed by atoms with van der Waals surface area (Å²) in [5.41, 5.74) is 0.841. The van der Waals surface area contributed by atoms with E-state index in [4.69, 9.17) is 4.74 Å². The van der Waals surface area contributed by atoms with Crippen molar-refractivity contribution in [3.63, 3.8) is 0 Å². The second kappa shape index (κ2) is 7.52. The molecule has 23 heavy (non-hydrogen) atoms. The Labute approximate surface area is 135 Å². The first-order chi connectivity index (χ1) is 11.2. The van der Waals surface area contributed by atoms with Crippen LogP contribution in [0.4, 0.5) is 0 Å². The number of nitrogens with one attached hydrogen (secondary N) is 2. The van der Waals surface area contributed by atoms with Gasteiger partial charge < -0.3 is 15.4 Å². The predicted molar refractivity (Wildman–Crippen MR) is 84.3 cm³/mol. The maximum Gasteiger partial charge on any atom is 0.253 e. The van der Waals surface area contributed by atoms with Crippen molar-refractivity contribution in [1.29, 1.82) is 0 Å². The van der Waals surface area contributed by atoms with Gasteiger partial charge in [-0.2, -0.15) is 0 Å². The van der Waals surface area contributed by atoms with E-state index in [0.717, 1.165) is 45.7 Å². The number of hydrogen-bond donors (Lipinski definition) is 2. The van der Waals surface area contributed by atoms with Gasteiger partial charge in [0.2, 0.25) is 0 Å². The van der Waals surface area contributed by atoms with Gasteiger partial charge in [0.05, 0.1) is 24.3 Å². The molecule has 1 aliphatic carbocycles. The highest BCUT2D eigenvalue weighted by Crippen LogP contribution is 2.19. The summed E-state index contributed by atoms with van der Waals surface area (Å²) in [6.07, 6.45) is 5.03. The fraction of sp³-hybridized carbons (Fsp3) is 0.562. The van der Waals surface area contributed by atoms with Gasteiger partial charge in [-0.25, -0.2) is 0 Å². The molecule has 2 fully saturated rings. The molecular formula is C16H22N4O3. The summed E-state index contributed by atoms with van der Waals surface area (Å²) in [5.74, 6) is -0.366. The minimum Gasteiger partial charge on any atom is -0.379 e. The van der Waals surface area contributed by atoms with E-state index >= 15 is 0 Å². The molecule has 7 heteroatoms. The number of rotatable bonds is 6. The van der Waals surface area contributed by atoms with Gasteiger partial charge in [0, 0.05) is 44.6 Å². The lowest BCUT2D eigenvalue weighted by molar-refractivity contribution is 0.0383. The lowest BCUT2D eigenvalue weighted by Crippen LogP contribution is -2.41. The van der Waals surface area contributed by atoms with Crippen molar-refractivity contribution < 1.29 is 14.3 Å². The molecule has 1 saturated heterocycles. The molecular weight excluding hydrogens is 296 g/mol. The third-order valence-corrected chi connectivity index (χ3v) is 3.99. The van der Waals surface area contributed by atoms with Gasteiger partial charge in [-0.15, -0.1) is 0 Å². The molecule has 1 aliphatic heterocycles. The van der Waals surface area contributed by atoms with Gasteiger partial charge in [0.15, 0.2) is 0 Å². The lowest BCUT2D eigenvalue weighted by atomic mass is 10.2. The van der Waals surface area contributed by atoms with Crippen LogP contribution in [0.3, 0.4) is 0 Å². The fourth-order valence-corrected chi connectivity index (χ4v) is 2.44. The summed E-state index contributed by atoms with van der Waals surface area (Å²) in [4.78, 5) is 30.4. The Morgan fingerprint density at radius 3 is 2.57 bits per heavy atom. The van der Waals surface area contributed by atoms with Crippen molar-refractivity contribution in [2.45, 2.75) is 18.9 Å². The van der Waals surface area contributed by atoms with Crippen LogP contribution in [0.25, 0.3) is 0 Å². The second-order valence-corrected chi connectivity index (χ2v) is 5.92. The highest BCUT2D eigenvalue weighted by atomic mass is 16.5.